The Kier molecular flexibility index (Phi) is 2.48. The summed E-state index contributed by atoms with van der Waals surface area (Å²) in [5.74, 6) is -2.28. The van der Waals surface area contributed by atoms with Crippen molar-refractivity contribution in [3.05, 3.63) is 48.0 Å². The lowest BCUT2D eigenvalue weighted by atomic mass is 9.94. The maximum Gasteiger partial charge on any atom is 0.327 e. The van der Waals surface area contributed by atoms with Crippen molar-refractivity contribution in [3.8, 4) is 0 Å². The molecule has 0 radical (unpaired) electrons. The maximum absolute atomic E-state index is 12.4. The molecule has 2 aromatic carbocycles. The average Bonchev–Trinajstić information content (AvgIpc) is 3.21. The van der Waals surface area contributed by atoms with Crippen LogP contribution in [0.2, 0.25) is 0 Å². The van der Waals surface area contributed by atoms with Crippen molar-refractivity contribution in [3.63, 3.8) is 0 Å². The lowest BCUT2D eigenvalue weighted by Gasteiger charge is -2.33. The zero-order valence-electron chi connectivity index (χ0n) is 12.5. The van der Waals surface area contributed by atoms with Gasteiger partial charge in [0.1, 0.15) is 0 Å². The maximum atomic E-state index is 12.4. The van der Waals surface area contributed by atoms with E-state index in [1.165, 1.54) is 0 Å². The van der Waals surface area contributed by atoms with E-state index in [1.54, 1.807) is 13.8 Å². The molecule has 0 N–H and O–H groups in total. The molecule has 1 saturated carbocycles. The molecule has 4 rings (SSSR count). The van der Waals surface area contributed by atoms with E-state index < -0.39 is 23.1 Å². The molecule has 1 aliphatic heterocycles. The molecule has 1 saturated heterocycles. The Morgan fingerprint density at radius 2 is 1.59 bits per heavy atom. The Bertz CT molecular complexity index is 780. The van der Waals surface area contributed by atoms with Gasteiger partial charge < -0.3 is 9.47 Å². The van der Waals surface area contributed by atoms with Gasteiger partial charge in [0.05, 0.1) is 0 Å². The quantitative estimate of drug-likeness (QED) is 0.599. The molecule has 2 aliphatic rings. The summed E-state index contributed by atoms with van der Waals surface area (Å²) in [6, 6.07) is 13.9. The van der Waals surface area contributed by atoms with E-state index >= 15 is 0 Å². The first-order valence-electron chi connectivity index (χ1n) is 7.39. The van der Waals surface area contributed by atoms with Crippen molar-refractivity contribution >= 4 is 22.7 Å². The minimum atomic E-state index is -1.18. The highest BCUT2D eigenvalue weighted by atomic mass is 16.7. The fraction of sp³-hybridized carbons (Fsp3) is 0.333. The minimum Gasteiger partial charge on any atom is -0.422 e. The molecule has 0 bridgehead atoms. The van der Waals surface area contributed by atoms with Gasteiger partial charge in [0.15, 0.2) is 5.41 Å². The smallest absolute Gasteiger partial charge is 0.327 e. The topological polar surface area (TPSA) is 52.6 Å². The first kappa shape index (κ1) is 13.3. The van der Waals surface area contributed by atoms with Crippen LogP contribution in [0.15, 0.2) is 42.5 Å². The zero-order chi connectivity index (χ0) is 15.5. The summed E-state index contributed by atoms with van der Waals surface area (Å²) in [5, 5.41) is 2.16. The molecule has 4 heteroatoms. The molecule has 1 atom stereocenters. The third-order valence-corrected chi connectivity index (χ3v) is 4.57. The van der Waals surface area contributed by atoms with Gasteiger partial charge in [-0.25, -0.2) is 0 Å². The molecular weight excluding hydrogens is 280 g/mol. The van der Waals surface area contributed by atoms with Crippen molar-refractivity contribution in [1.29, 1.82) is 0 Å². The Labute approximate surface area is 128 Å². The van der Waals surface area contributed by atoms with Crippen LogP contribution in [-0.2, 0) is 19.1 Å². The van der Waals surface area contributed by atoms with Gasteiger partial charge >= 0.3 is 11.9 Å². The van der Waals surface area contributed by atoms with Gasteiger partial charge in [0, 0.05) is 19.8 Å². The van der Waals surface area contributed by atoms with Crippen LogP contribution in [0.1, 0.15) is 31.7 Å². The van der Waals surface area contributed by atoms with Gasteiger partial charge in [-0.15, -0.1) is 0 Å². The number of carbonyl (C=O) groups is 2. The summed E-state index contributed by atoms with van der Waals surface area (Å²) in [4.78, 5) is 24.8. The number of ether oxygens (including phenoxy) is 2. The molecule has 22 heavy (non-hydrogen) atoms. The van der Waals surface area contributed by atoms with Crippen LogP contribution in [0.3, 0.4) is 0 Å². The molecular formula is C18H16O4. The molecule has 1 heterocycles. The molecule has 2 fully saturated rings. The predicted molar refractivity (Wildman–Crippen MR) is 80.0 cm³/mol. The second kappa shape index (κ2) is 4.09. The summed E-state index contributed by atoms with van der Waals surface area (Å²) in [6.45, 7) is 3.15. The first-order valence-corrected chi connectivity index (χ1v) is 7.39. The van der Waals surface area contributed by atoms with Gasteiger partial charge in [-0.3, -0.25) is 9.59 Å². The summed E-state index contributed by atoms with van der Waals surface area (Å²) in [5.41, 5.74) is -0.147. The summed E-state index contributed by atoms with van der Waals surface area (Å²) < 4.78 is 10.6. The Balaban J connectivity index is 1.77. The van der Waals surface area contributed by atoms with Gasteiger partial charge in [-0.1, -0.05) is 42.5 Å². The van der Waals surface area contributed by atoms with Gasteiger partial charge in [-0.2, -0.15) is 0 Å². The number of hydrogen-bond donors (Lipinski definition) is 0. The standard InChI is InChI=1S/C18H16O4/c1-17(2)21-15(19)18(16(20)22-17)10-14(18)13-9-5-7-11-6-3-4-8-12(11)13/h3-9,14H,10H2,1-2H3/t14-/m1/s1. The summed E-state index contributed by atoms with van der Waals surface area (Å²) in [6.07, 6.45) is 0.453. The molecule has 1 spiro atoms. The number of hydrogen-bond acceptors (Lipinski definition) is 4. The second-order valence-corrected chi connectivity index (χ2v) is 6.48. The van der Waals surface area contributed by atoms with Crippen LogP contribution in [0.25, 0.3) is 10.8 Å². The van der Waals surface area contributed by atoms with Crippen LogP contribution in [0.5, 0.6) is 0 Å². The normalized spacial score (nSPS) is 24.9. The van der Waals surface area contributed by atoms with Crippen LogP contribution in [0, 0.1) is 5.41 Å². The van der Waals surface area contributed by atoms with Crippen LogP contribution in [-0.4, -0.2) is 17.7 Å². The Hall–Kier alpha value is -2.36. The van der Waals surface area contributed by atoms with Crippen LogP contribution < -0.4 is 0 Å². The van der Waals surface area contributed by atoms with Gasteiger partial charge in [0.2, 0.25) is 0 Å². The lowest BCUT2D eigenvalue weighted by Crippen LogP contribution is -2.48. The molecule has 1 aliphatic carbocycles. The van der Waals surface area contributed by atoms with Crippen molar-refractivity contribution in [2.45, 2.75) is 32.0 Å². The molecule has 0 unspecified atom stereocenters. The molecule has 112 valence electrons. The lowest BCUT2D eigenvalue weighted by molar-refractivity contribution is -0.243. The zero-order valence-corrected chi connectivity index (χ0v) is 12.5. The van der Waals surface area contributed by atoms with Crippen LogP contribution in [0.4, 0.5) is 0 Å². The number of esters is 2. The van der Waals surface area contributed by atoms with Crippen molar-refractivity contribution < 1.29 is 19.1 Å². The SMILES string of the molecule is CC1(C)OC(=O)C2(C[C@@H]2c2cccc3ccccc23)C(=O)O1. The molecule has 0 amide bonds. The Morgan fingerprint density at radius 3 is 2.32 bits per heavy atom. The monoisotopic (exact) mass is 296 g/mol. The highest BCUT2D eigenvalue weighted by molar-refractivity contribution is 6.07. The third kappa shape index (κ3) is 1.70. The fourth-order valence-corrected chi connectivity index (χ4v) is 3.38. The van der Waals surface area contributed by atoms with Crippen molar-refractivity contribution in [2.75, 3.05) is 0 Å². The minimum absolute atomic E-state index is 0.172. The highest BCUT2D eigenvalue weighted by Crippen LogP contribution is 2.63. The molecule has 2 aromatic rings. The summed E-state index contributed by atoms with van der Waals surface area (Å²) >= 11 is 0. The molecule has 4 nitrogen and oxygen atoms in total. The van der Waals surface area contributed by atoms with Crippen molar-refractivity contribution in [1.82, 2.24) is 0 Å². The van der Waals surface area contributed by atoms with Crippen molar-refractivity contribution in [2.24, 2.45) is 5.41 Å². The van der Waals surface area contributed by atoms with E-state index in [1.807, 2.05) is 42.5 Å². The largest absolute Gasteiger partial charge is 0.422 e. The van der Waals surface area contributed by atoms with E-state index in [2.05, 4.69) is 0 Å². The average molecular weight is 296 g/mol. The Morgan fingerprint density at radius 1 is 0.955 bits per heavy atom. The number of benzene rings is 2. The second-order valence-electron chi connectivity index (χ2n) is 6.48. The van der Waals surface area contributed by atoms with E-state index in [9.17, 15) is 9.59 Å². The number of carbonyl (C=O) groups excluding carboxylic acids is 2. The number of fused-ring (bicyclic) bond motifs is 1. The van der Waals surface area contributed by atoms with Gasteiger partial charge in [0.25, 0.3) is 5.79 Å². The third-order valence-electron chi connectivity index (χ3n) is 4.57. The summed E-state index contributed by atoms with van der Waals surface area (Å²) in [7, 11) is 0. The van der Waals surface area contributed by atoms with E-state index in [4.69, 9.17) is 9.47 Å². The van der Waals surface area contributed by atoms with Crippen LogP contribution >= 0.6 is 0 Å². The number of cyclic esters (lactones) is 2. The van der Waals surface area contributed by atoms with E-state index in [0.717, 1.165) is 16.3 Å². The fourth-order valence-electron chi connectivity index (χ4n) is 3.38. The van der Waals surface area contributed by atoms with E-state index in [0.29, 0.717) is 6.42 Å². The van der Waals surface area contributed by atoms with Gasteiger partial charge in [-0.05, 0) is 22.8 Å². The first-order chi connectivity index (χ1) is 10.4. The molecule has 0 aromatic heterocycles. The highest BCUT2D eigenvalue weighted by Gasteiger charge is 2.72. The predicted octanol–water partition coefficient (Wildman–Crippen LogP) is 3.15. The number of rotatable bonds is 1. The van der Waals surface area contributed by atoms with E-state index in [-0.39, 0.29) is 5.92 Å².